The van der Waals surface area contributed by atoms with Crippen molar-refractivity contribution in [2.45, 2.75) is 12.3 Å². The summed E-state index contributed by atoms with van der Waals surface area (Å²) in [6.07, 6.45) is 0. The lowest BCUT2D eigenvalue weighted by Crippen LogP contribution is -2.48. The van der Waals surface area contributed by atoms with E-state index in [4.69, 9.17) is 0 Å². The summed E-state index contributed by atoms with van der Waals surface area (Å²) in [5.41, 5.74) is 0. The molecule has 0 amide bonds. The van der Waals surface area contributed by atoms with Gasteiger partial charge in [0.05, 0.1) is 5.37 Å². The van der Waals surface area contributed by atoms with Crippen molar-refractivity contribution in [3.8, 4) is 0 Å². The maximum atomic E-state index is 10.5. The molecular formula is C6H13N2O2S-. The molecule has 2 unspecified atom stereocenters. The molecule has 0 spiro atoms. The monoisotopic (exact) mass is 177 g/mol. The zero-order chi connectivity index (χ0) is 8.27. The first-order valence-corrected chi connectivity index (χ1v) is 4.88. The van der Waals surface area contributed by atoms with Gasteiger partial charge >= 0.3 is 0 Å². The van der Waals surface area contributed by atoms with E-state index in [1.807, 2.05) is 4.90 Å². The first kappa shape index (κ1) is 9.12. The maximum Gasteiger partial charge on any atom is 0.0698 e. The summed E-state index contributed by atoms with van der Waals surface area (Å²) in [7, 11) is 0. The Balaban J connectivity index is 2.38. The van der Waals surface area contributed by atoms with Gasteiger partial charge in [0.1, 0.15) is 0 Å². The summed E-state index contributed by atoms with van der Waals surface area (Å²) in [4.78, 5) is 1.96. The van der Waals surface area contributed by atoms with E-state index in [9.17, 15) is 8.76 Å². The van der Waals surface area contributed by atoms with Gasteiger partial charge in [-0.2, -0.15) is 0 Å². The Morgan fingerprint density at radius 3 is 2.55 bits per heavy atom. The normalized spacial score (nSPS) is 26.4. The molecule has 0 radical (unpaired) electrons. The molecule has 0 aliphatic carbocycles. The molecule has 66 valence electrons. The smallest absolute Gasteiger partial charge is 0.0698 e. The summed E-state index contributed by atoms with van der Waals surface area (Å²) in [6, 6.07) is 0. The molecule has 4 nitrogen and oxygen atoms in total. The lowest BCUT2D eigenvalue weighted by Gasteiger charge is -2.33. The van der Waals surface area contributed by atoms with Crippen molar-refractivity contribution in [1.29, 1.82) is 0 Å². The molecular weight excluding hydrogens is 164 g/mol. The van der Waals surface area contributed by atoms with E-state index in [0.717, 1.165) is 26.2 Å². The molecule has 1 saturated heterocycles. The highest BCUT2D eigenvalue weighted by Gasteiger charge is 2.15. The summed E-state index contributed by atoms with van der Waals surface area (Å²) in [5.74, 6) is 0. The van der Waals surface area contributed by atoms with Crippen molar-refractivity contribution in [3.05, 3.63) is 0 Å². The van der Waals surface area contributed by atoms with Gasteiger partial charge in [-0.3, -0.25) is 9.11 Å². The molecule has 1 aliphatic rings. The van der Waals surface area contributed by atoms with Crippen LogP contribution in [-0.2, 0) is 11.1 Å². The van der Waals surface area contributed by atoms with Crippen molar-refractivity contribution in [2.24, 2.45) is 0 Å². The highest BCUT2D eigenvalue weighted by atomic mass is 32.2. The molecule has 1 aliphatic heterocycles. The van der Waals surface area contributed by atoms with Crippen LogP contribution < -0.4 is 5.32 Å². The molecule has 5 heteroatoms. The molecule has 1 heterocycles. The average molecular weight is 177 g/mol. The molecule has 0 saturated carbocycles. The van der Waals surface area contributed by atoms with Crippen molar-refractivity contribution >= 4 is 11.1 Å². The molecule has 0 aromatic carbocycles. The number of nitrogens with one attached hydrogen (secondary N) is 1. The largest absolute Gasteiger partial charge is 0.771 e. The molecule has 1 rings (SSSR count). The van der Waals surface area contributed by atoms with Crippen molar-refractivity contribution in [2.75, 3.05) is 26.2 Å². The predicted octanol–water partition coefficient (Wildman–Crippen LogP) is -0.883. The van der Waals surface area contributed by atoms with Gasteiger partial charge in [0.15, 0.2) is 0 Å². The van der Waals surface area contributed by atoms with E-state index in [2.05, 4.69) is 5.32 Å². The summed E-state index contributed by atoms with van der Waals surface area (Å²) in [6.45, 7) is 5.15. The number of hydrogen-bond acceptors (Lipinski definition) is 4. The summed E-state index contributed by atoms with van der Waals surface area (Å²) in [5, 5.41) is 2.83. The second-order valence-electron chi connectivity index (χ2n) is 2.65. The van der Waals surface area contributed by atoms with Gasteiger partial charge < -0.3 is 9.87 Å². The Labute approximate surface area is 69.2 Å². The Bertz CT molecular complexity index is 148. The number of piperazine rings is 1. The van der Waals surface area contributed by atoms with Crippen LogP contribution in [0.5, 0.6) is 0 Å². The van der Waals surface area contributed by atoms with Gasteiger partial charge in [-0.1, -0.05) is 0 Å². The number of nitrogens with zero attached hydrogens (tertiary/aromatic N) is 1. The van der Waals surface area contributed by atoms with E-state index >= 15 is 0 Å². The van der Waals surface area contributed by atoms with Crippen LogP contribution in [0.25, 0.3) is 0 Å². The second kappa shape index (κ2) is 4.15. The van der Waals surface area contributed by atoms with Crippen molar-refractivity contribution in [1.82, 2.24) is 10.2 Å². The van der Waals surface area contributed by atoms with E-state index in [-0.39, 0.29) is 5.37 Å². The fourth-order valence-corrected chi connectivity index (χ4v) is 1.62. The molecule has 1 N–H and O–H groups in total. The van der Waals surface area contributed by atoms with Gasteiger partial charge in [-0.05, 0) is 18.0 Å². The van der Waals surface area contributed by atoms with Crippen LogP contribution in [-0.4, -0.2) is 45.2 Å². The van der Waals surface area contributed by atoms with Crippen LogP contribution in [0.4, 0.5) is 0 Å². The third-order valence-electron chi connectivity index (χ3n) is 1.94. The Kier molecular flexibility index (Phi) is 3.45. The van der Waals surface area contributed by atoms with Crippen LogP contribution in [0.1, 0.15) is 6.92 Å². The fraction of sp³-hybridized carbons (Fsp3) is 1.00. The van der Waals surface area contributed by atoms with Crippen molar-refractivity contribution in [3.63, 3.8) is 0 Å². The quantitative estimate of drug-likeness (QED) is 0.556. The maximum absolute atomic E-state index is 10.5. The Morgan fingerprint density at radius 2 is 2.09 bits per heavy atom. The van der Waals surface area contributed by atoms with Crippen LogP contribution in [0.2, 0.25) is 0 Å². The zero-order valence-corrected chi connectivity index (χ0v) is 7.39. The van der Waals surface area contributed by atoms with Gasteiger partial charge in [-0.25, -0.2) is 0 Å². The molecule has 2 atom stereocenters. The van der Waals surface area contributed by atoms with Gasteiger partial charge in [0.2, 0.25) is 0 Å². The van der Waals surface area contributed by atoms with Gasteiger partial charge in [0.25, 0.3) is 0 Å². The predicted molar refractivity (Wildman–Crippen MR) is 42.8 cm³/mol. The third kappa shape index (κ3) is 2.52. The minimum absolute atomic E-state index is 0.336. The van der Waals surface area contributed by atoms with E-state index < -0.39 is 11.1 Å². The minimum Gasteiger partial charge on any atom is -0.771 e. The van der Waals surface area contributed by atoms with Crippen LogP contribution in [0.15, 0.2) is 0 Å². The fourth-order valence-electron chi connectivity index (χ4n) is 1.17. The summed E-state index contributed by atoms with van der Waals surface area (Å²) >= 11 is -1.96. The SMILES string of the molecule is CC(N1CCNCC1)S(=O)[O-]. The molecule has 11 heavy (non-hydrogen) atoms. The van der Waals surface area contributed by atoms with Gasteiger partial charge in [-0.15, -0.1) is 0 Å². The summed E-state index contributed by atoms with van der Waals surface area (Å²) < 4.78 is 21.1. The Hall–Kier alpha value is 0.0300. The molecule has 0 aromatic heterocycles. The highest BCUT2D eigenvalue weighted by Crippen LogP contribution is 2.02. The zero-order valence-electron chi connectivity index (χ0n) is 6.58. The van der Waals surface area contributed by atoms with Gasteiger partial charge in [0, 0.05) is 26.2 Å². The van der Waals surface area contributed by atoms with E-state index in [0.29, 0.717) is 0 Å². The van der Waals surface area contributed by atoms with Crippen LogP contribution >= 0.6 is 0 Å². The lowest BCUT2D eigenvalue weighted by atomic mass is 10.4. The van der Waals surface area contributed by atoms with E-state index in [1.165, 1.54) is 0 Å². The second-order valence-corrected chi connectivity index (χ2v) is 3.85. The van der Waals surface area contributed by atoms with Crippen LogP contribution in [0, 0.1) is 0 Å². The highest BCUT2D eigenvalue weighted by molar-refractivity contribution is 7.79. The standard InChI is InChI=1S/C6H14N2O2S/c1-6(11(9)10)8-4-2-7-3-5-8/h6-7H,2-5H2,1H3,(H,9,10)/p-1. The Morgan fingerprint density at radius 1 is 1.55 bits per heavy atom. The van der Waals surface area contributed by atoms with E-state index in [1.54, 1.807) is 6.92 Å². The first-order chi connectivity index (χ1) is 5.22. The number of rotatable bonds is 2. The molecule has 1 fully saturated rings. The molecule has 0 bridgehead atoms. The number of hydrogen-bond donors (Lipinski definition) is 1. The average Bonchev–Trinajstić information content (AvgIpc) is 2.05. The lowest BCUT2D eigenvalue weighted by molar-refractivity contribution is 0.225. The van der Waals surface area contributed by atoms with Crippen LogP contribution in [0.3, 0.4) is 0 Å². The topological polar surface area (TPSA) is 55.4 Å². The minimum atomic E-state index is -1.96. The third-order valence-corrected chi connectivity index (χ3v) is 2.80. The van der Waals surface area contributed by atoms with Crippen molar-refractivity contribution < 1.29 is 8.76 Å². The first-order valence-electron chi connectivity index (χ1n) is 3.74. The molecule has 0 aromatic rings.